The summed E-state index contributed by atoms with van der Waals surface area (Å²) in [5.74, 6) is 2.45. The van der Waals surface area contributed by atoms with Crippen molar-refractivity contribution in [3.05, 3.63) is 17.8 Å². The Balaban J connectivity index is 0.00000261. The van der Waals surface area contributed by atoms with Gasteiger partial charge in [-0.2, -0.15) is 0 Å². The van der Waals surface area contributed by atoms with Gasteiger partial charge < -0.3 is 20.0 Å². The highest BCUT2D eigenvalue weighted by Crippen LogP contribution is 2.26. The van der Waals surface area contributed by atoms with Crippen molar-refractivity contribution >= 4 is 29.9 Å². The van der Waals surface area contributed by atoms with Gasteiger partial charge in [-0.05, 0) is 25.7 Å². The standard InChI is InChI=1S/C20H35N5O.HI/c1-20(2,3)17-13-22-18(26-17)14-23-19(21-4)24-15-9-11-25(12-10-15)16-7-5-6-8-16;/h13,15-16H,5-12,14H2,1-4H3,(H2,21,23,24);1H. The minimum Gasteiger partial charge on any atom is -0.443 e. The van der Waals surface area contributed by atoms with Gasteiger partial charge in [0.15, 0.2) is 5.96 Å². The first-order valence-electron chi connectivity index (χ1n) is 10.1. The Hall–Kier alpha value is -0.830. The molecule has 1 aliphatic carbocycles. The number of rotatable bonds is 4. The summed E-state index contributed by atoms with van der Waals surface area (Å²) < 4.78 is 5.84. The van der Waals surface area contributed by atoms with Crippen molar-refractivity contribution in [2.75, 3.05) is 20.1 Å². The number of halogens is 1. The summed E-state index contributed by atoms with van der Waals surface area (Å²) in [5, 5.41) is 6.90. The third kappa shape index (κ3) is 6.34. The quantitative estimate of drug-likeness (QED) is 0.384. The first-order chi connectivity index (χ1) is 12.5. The van der Waals surface area contributed by atoms with Gasteiger partial charge in [0.05, 0.1) is 12.7 Å². The molecule has 0 spiro atoms. The minimum atomic E-state index is -0.0154. The average molecular weight is 489 g/mol. The lowest BCUT2D eigenvalue weighted by Crippen LogP contribution is -2.50. The van der Waals surface area contributed by atoms with Crippen LogP contribution >= 0.6 is 24.0 Å². The van der Waals surface area contributed by atoms with Crippen LogP contribution in [0.2, 0.25) is 0 Å². The molecular formula is C20H36IN5O. The molecule has 1 saturated heterocycles. The van der Waals surface area contributed by atoms with E-state index in [0.29, 0.717) is 18.5 Å². The van der Waals surface area contributed by atoms with E-state index < -0.39 is 0 Å². The first-order valence-corrected chi connectivity index (χ1v) is 10.1. The molecular weight excluding hydrogens is 453 g/mol. The van der Waals surface area contributed by atoms with Crippen LogP contribution in [-0.2, 0) is 12.0 Å². The Morgan fingerprint density at radius 2 is 1.89 bits per heavy atom. The van der Waals surface area contributed by atoms with Crippen LogP contribution < -0.4 is 10.6 Å². The smallest absolute Gasteiger partial charge is 0.213 e. The van der Waals surface area contributed by atoms with Gasteiger partial charge >= 0.3 is 0 Å². The Labute approximate surface area is 181 Å². The monoisotopic (exact) mass is 489 g/mol. The van der Waals surface area contributed by atoms with Crippen LogP contribution in [0.4, 0.5) is 0 Å². The lowest BCUT2D eigenvalue weighted by molar-refractivity contribution is 0.150. The summed E-state index contributed by atoms with van der Waals surface area (Å²) in [7, 11) is 1.82. The lowest BCUT2D eigenvalue weighted by Gasteiger charge is -2.36. The van der Waals surface area contributed by atoms with Crippen LogP contribution in [-0.4, -0.2) is 48.1 Å². The summed E-state index contributed by atoms with van der Waals surface area (Å²) in [6.45, 7) is 9.34. The zero-order valence-corrected chi connectivity index (χ0v) is 19.6. The lowest BCUT2D eigenvalue weighted by atomic mass is 9.94. The molecule has 1 aromatic heterocycles. The number of guanidine groups is 1. The van der Waals surface area contributed by atoms with E-state index in [0.717, 1.165) is 17.8 Å². The molecule has 0 atom stereocenters. The van der Waals surface area contributed by atoms with Gasteiger partial charge in [0.2, 0.25) is 5.89 Å². The summed E-state index contributed by atoms with van der Waals surface area (Å²) in [5.41, 5.74) is -0.0154. The molecule has 2 heterocycles. The minimum absolute atomic E-state index is 0. The maximum absolute atomic E-state index is 5.84. The van der Waals surface area contributed by atoms with E-state index in [4.69, 9.17) is 4.42 Å². The number of piperidine rings is 1. The van der Waals surface area contributed by atoms with Crippen LogP contribution in [0.3, 0.4) is 0 Å². The molecule has 154 valence electrons. The van der Waals surface area contributed by atoms with Crippen molar-refractivity contribution in [3.8, 4) is 0 Å². The van der Waals surface area contributed by atoms with Crippen LogP contribution in [0.15, 0.2) is 15.6 Å². The van der Waals surface area contributed by atoms with Crippen molar-refractivity contribution in [1.29, 1.82) is 0 Å². The molecule has 0 aromatic carbocycles. The van der Waals surface area contributed by atoms with Gasteiger partial charge in [-0.3, -0.25) is 4.99 Å². The number of oxazole rings is 1. The number of likely N-dealkylation sites (tertiary alicyclic amines) is 1. The van der Waals surface area contributed by atoms with Gasteiger partial charge in [0.1, 0.15) is 5.76 Å². The molecule has 0 radical (unpaired) electrons. The summed E-state index contributed by atoms with van der Waals surface area (Å²) in [6, 6.07) is 1.34. The average Bonchev–Trinajstić information content (AvgIpc) is 3.30. The predicted molar refractivity (Wildman–Crippen MR) is 121 cm³/mol. The Morgan fingerprint density at radius 1 is 1.22 bits per heavy atom. The van der Waals surface area contributed by atoms with Crippen molar-refractivity contribution in [2.45, 2.75) is 83.3 Å². The predicted octanol–water partition coefficient (Wildman–Crippen LogP) is 3.66. The largest absolute Gasteiger partial charge is 0.443 e. The molecule has 0 unspecified atom stereocenters. The number of hydrogen-bond acceptors (Lipinski definition) is 4. The molecule has 0 amide bonds. The van der Waals surface area contributed by atoms with Crippen molar-refractivity contribution in [2.24, 2.45) is 4.99 Å². The normalized spacial score (nSPS) is 20.5. The summed E-state index contributed by atoms with van der Waals surface area (Å²) >= 11 is 0. The molecule has 27 heavy (non-hydrogen) atoms. The van der Waals surface area contributed by atoms with Crippen LogP contribution in [0, 0.1) is 0 Å². The molecule has 2 fully saturated rings. The van der Waals surface area contributed by atoms with Gasteiger partial charge in [-0.25, -0.2) is 4.98 Å². The molecule has 2 aliphatic rings. The van der Waals surface area contributed by atoms with E-state index in [1.807, 2.05) is 13.2 Å². The zero-order valence-electron chi connectivity index (χ0n) is 17.3. The number of nitrogens with one attached hydrogen (secondary N) is 2. The summed E-state index contributed by atoms with van der Waals surface area (Å²) in [4.78, 5) is 11.4. The van der Waals surface area contributed by atoms with Gasteiger partial charge in [0.25, 0.3) is 0 Å². The fourth-order valence-electron chi connectivity index (χ4n) is 3.96. The molecule has 7 heteroatoms. The third-order valence-corrected chi connectivity index (χ3v) is 5.63. The van der Waals surface area contributed by atoms with E-state index >= 15 is 0 Å². The van der Waals surface area contributed by atoms with E-state index in [2.05, 4.69) is 46.3 Å². The van der Waals surface area contributed by atoms with Gasteiger partial charge in [-0.15, -0.1) is 24.0 Å². The van der Waals surface area contributed by atoms with Crippen LogP contribution in [0.25, 0.3) is 0 Å². The first kappa shape index (κ1) is 22.5. The van der Waals surface area contributed by atoms with Crippen LogP contribution in [0.5, 0.6) is 0 Å². The van der Waals surface area contributed by atoms with E-state index in [1.54, 1.807) is 0 Å². The number of nitrogens with zero attached hydrogens (tertiary/aromatic N) is 3. The maximum Gasteiger partial charge on any atom is 0.213 e. The second kappa shape index (κ2) is 10.1. The Bertz CT molecular complexity index is 596. The Kier molecular flexibility index (Phi) is 8.39. The third-order valence-electron chi connectivity index (χ3n) is 5.63. The fourth-order valence-corrected chi connectivity index (χ4v) is 3.96. The van der Waals surface area contributed by atoms with E-state index in [-0.39, 0.29) is 29.4 Å². The van der Waals surface area contributed by atoms with Crippen molar-refractivity contribution in [1.82, 2.24) is 20.5 Å². The van der Waals surface area contributed by atoms with Gasteiger partial charge in [-0.1, -0.05) is 33.6 Å². The topological polar surface area (TPSA) is 65.7 Å². The summed E-state index contributed by atoms with van der Waals surface area (Å²) in [6.07, 6.45) is 9.82. The maximum atomic E-state index is 5.84. The second-order valence-corrected chi connectivity index (χ2v) is 8.69. The van der Waals surface area contributed by atoms with Gasteiger partial charge in [0, 0.05) is 37.6 Å². The highest BCUT2D eigenvalue weighted by atomic mass is 127. The van der Waals surface area contributed by atoms with E-state index in [9.17, 15) is 0 Å². The van der Waals surface area contributed by atoms with Crippen molar-refractivity contribution in [3.63, 3.8) is 0 Å². The highest BCUT2D eigenvalue weighted by Gasteiger charge is 2.27. The molecule has 0 bridgehead atoms. The molecule has 1 aromatic rings. The molecule has 3 rings (SSSR count). The molecule has 1 saturated carbocycles. The Morgan fingerprint density at radius 3 is 2.44 bits per heavy atom. The molecule has 2 N–H and O–H groups in total. The second-order valence-electron chi connectivity index (χ2n) is 8.69. The fraction of sp³-hybridized carbons (Fsp3) is 0.800. The number of aliphatic imine (C=N–C) groups is 1. The van der Waals surface area contributed by atoms with Crippen LogP contribution in [0.1, 0.15) is 70.9 Å². The zero-order chi connectivity index (χ0) is 18.6. The van der Waals surface area contributed by atoms with Crippen molar-refractivity contribution < 1.29 is 4.42 Å². The molecule has 1 aliphatic heterocycles. The number of aromatic nitrogens is 1. The van der Waals surface area contributed by atoms with E-state index in [1.165, 1.54) is 51.6 Å². The molecule has 6 nitrogen and oxygen atoms in total. The number of hydrogen-bond donors (Lipinski definition) is 2. The SMILES string of the molecule is CN=C(NCc1ncc(C(C)(C)C)o1)NC1CCN(C2CCCC2)CC1.I. The highest BCUT2D eigenvalue weighted by molar-refractivity contribution is 14.0.